The predicted molar refractivity (Wildman–Crippen MR) is 111 cm³/mol. The van der Waals surface area contributed by atoms with Crippen LogP contribution in [0.5, 0.6) is 5.88 Å². The summed E-state index contributed by atoms with van der Waals surface area (Å²) in [5.41, 5.74) is 2.57. The molecule has 0 aliphatic rings. The second-order valence-corrected chi connectivity index (χ2v) is 6.71. The zero-order valence-corrected chi connectivity index (χ0v) is 17.9. The normalized spacial score (nSPS) is 9.84. The Labute approximate surface area is 158 Å². The van der Waals surface area contributed by atoms with Gasteiger partial charge < -0.3 is 4.74 Å². The van der Waals surface area contributed by atoms with Crippen LogP contribution >= 0.6 is 11.8 Å². The van der Waals surface area contributed by atoms with E-state index < -0.39 is 0 Å². The van der Waals surface area contributed by atoms with Gasteiger partial charge in [-0.3, -0.25) is 4.98 Å². The van der Waals surface area contributed by atoms with E-state index in [0.29, 0.717) is 24.3 Å². The molecule has 0 unspecified atom stereocenters. The van der Waals surface area contributed by atoms with Crippen molar-refractivity contribution in [3.8, 4) is 5.88 Å². The highest BCUT2D eigenvalue weighted by Crippen LogP contribution is 2.19. The average Bonchev–Trinajstić information content (AvgIpc) is 2.64. The van der Waals surface area contributed by atoms with E-state index in [9.17, 15) is 0 Å². The molecular weight excluding hydrogens is 328 g/mol. The summed E-state index contributed by atoms with van der Waals surface area (Å²) in [6.45, 7) is 15.3. The Morgan fingerprint density at radius 1 is 0.960 bits per heavy atom. The van der Waals surface area contributed by atoms with Gasteiger partial charge in [-0.05, 0) is 42.2 Å². The molecule has 0 amide bonds. The minimum atomic E-state index is 0.535. The maximum atomic E-state index is 5.23. The number of hydrogen-bond donors (Lipinski definition) is 0. The topological polar surface area (TPSA) is 35.0 Å². The van der Waals surface area contributed by atoms with Crippen LogP contribution in [0.3, 0.4) is 0 Å². The van der Waals surface area contributed by atoms with Crippen LogP contribution < -0.4 is 4.74 Å². The second-order valence-electron chi connectivity index (χ2n) is 5.83. The summed E-state index contributed by atoms with van der Waals surface area (Å²) in [5, 5.41) is 0. The maximum Gasteiger partial charge on any atom is 0.213 e. The number of aromatic nitrogens is 2. The molecule has 140 valence electrons. The monoisotopic (exact) mass is 362 g/mol. The van der Waals surface area contributed by atoms with Gasteiger partial charge in [0.2, 0.25) is 5.88 Å². The molecule has 0 saturated heterocycles. The molecule has 4 heteroatoms. The van der Waals surface area contributed by atoms with Gasteiger partial charge in [0.1, 0.15) is 0 Å². The molecule has 3 nitrogen and oxygen atoms in total. The molecular formula is C21H34N2OS. The standard InChI is InChI=1S/C10H15NO.C9H13NS.C2H6/c1-4-12-10-6-5-9(7-11-10)8(2)3;1-7(2)8-4-9(11-3)6-10-5-8;1-2/h5-8H,4H2,1-3H3;4-7H,1-3H3;1-2H3. The lowest BCUT2D eigenvalue weighted by Gasteiger charge is -2.05. The fourth-order valence-electron chi connectivity index (χ4n) is 1.83. The minimum absolute atomic E-state index is 0.535. The van der Waals surface area contributed by atoms with E-state index in [1.165, 1.54) is 16.0 Å². The zero-order chi connectivity index (χ0) is 19.2. The van der Waals surface area contributed by atoms with Crippen LogP contribution in [0.4, 0.5) is 0 Å². The van der Waals surface area contributed by atoms with Gasteiger partial charge in [-0.25, -0.2) is 4.98 Å². The van der Waals surface area contributed by atoms with Crippen molar-refractivity contribution in [3.05, 3.63) is 47.9 Å². The molecule has 0 saturated carbocycles. The van der Waals surface area contributed by atoms with Crippen LogP contribution in [0.15, 0.2) is 41.7 Å². The van der Waals surface area contributed by atoms with Crippen molar-refractivity contribution in [2.24, 2.45) is 0 Å². The number of pyridine rings is 2. The van der Waals surface area contributed by atoms with Crippen molar-refractivity contribution in [2.45, 2.75) is 65.2 Å². The summed E-state index contributed by atoms with van der Waals surface area (Å²) in [4.78, 5) is 9.57. The molecule has 2 heterocycles. The molecule has 2 aromatic heterocycles. The van der Waals surface area contributed by atoms with Gasteiger partial charge in [-0.15, -0.1) is 11.8 Å². The summed E-state index contributed by atoms with van der Waals surface area (Å²) in [6.07, 6.45) is 7.78. The zero-order valence-electron chi connectivity index (χ0n) is 17.0. The fraction of sp³-hybridized carbons (Fsp3) is 0.524. The number of nitrogens with zero attached hydrogens (tertiary/aromatic N) is 2. The predicted octanol–water partition coefficient (Wildman–Crippen LogP) is 6.56. The largest absolute Gasteiger partial charge is 0.478 e. The van der Waals surface area contributed by atoms with E-state index >= 15 is 0 Å². The maximum absolute atomic E-state index is 5.23. The van der Waals surface area contributed by atoms with E-state index in [4.69, 9.17) is 4.74 Å². The first-order valence-corrected chi connectivity index (χ1v) is 10.3. The first-order valence-electron chi connectivity index (χ1n) is 9.05. The summed E-state index contributed by atoms with van der Waals surface area (Å²) in [5.74, 6) is 1.82. The molecule has 0 fully saturated rings. The van der Waals surface area contributed by atoms with Crippen LogP contribution in [-0.4, -0.2) is 22.8 Å². The lowest BCUT2D eigenvalue weighted by molar-refractivity contribution is 0.326. The van der Waals surface area contributed by atoms with Gasteiger partial charge in [-0.2, -0.15) is 0 Å². The molecule has 25 heavy (non-hydrogen) atoms. The lowest BCUT2D eigenvalue weighted by Crippen LogP contribution is -1.95. The van der Waals surface area contributed by atoms with E-state index in [2.05, 4.69) is 56.1 Å². The van der Waals surface area contributed by atoms with Crippen molar-refractivity contribution in [2.75, 3.05) is 12.9 Å². The molecule has 0 spiro atoms. The van der Waals surface area contributed by atoms with E-state index in [-0.39, 0.29) is 0 Å². The SMILES string of the molecule is CC.CCOc1ccc(C(C)C)cn1.CSc1cncc(C(C)C)c1. The molecule has 2 rings (SSSR count). The van der Waals surface area contributed by atoms with Gasteiger partial charge >= 0.3 is 0 Å². The Bertz CT molecular complexity index is 568. The van der Waals surface area contributed by atoms with Crippen LogP contribution in [0.1, 0.15) is 71.4 Å². The van der Waals surface area contributed by atoms with Crippen molar-refractivity contribution in [1.82, 2.24) is 9.97 Å². The molecule has 0 N–H and O–H groups in total. The Morgan fingerprint density at radius 2 is 1.60 bits per heavy atom. The first kappa shape index (κ1) is 23.4. The van der Waals surface area contributed by atoms with Gasteiger partial charge in [-0.1, -0.05) is 47.6 Å². The summed E-state index contributed by atoms with van der Waals surface area (Å²) in [7, 11) is 0. The lowest BCUT2D eigenvalue weighted by atomic mass is 10.1. The second kappa shape index (κ2) is 13.7. The van der Waals surface area contributed by atoms with Crippen molar-refractivity contribution in [3.63, 3.8) is 0 Å². The third-order valence-corrected chi connectivity index (χ3v) is 4.05. The van der Waals surface area contributed by atoms with Crippen LogP contribution in [0.25, 0.3) is 0 Å². The first-order chi connectivity index (χ1) is 12.0. The summed E-state index contributed by atoms with van der Waals surface area (Å²) in [6, 6.07) is 6.17. The summed E-state index contributed by atoms with van der Waals surface area (Å²) < 4.78 is 5.23. The van der Waals surface area contributed by atoms with Gasteiger partial charge in [0.15, 0.2) is 0 Å². The molecule has 0 aromatic carbocycles. The van der Waals surface area contributed by atoms with E-state index in [1.807, 2.05) is 45.4 Å². The highest BCUT2D eigenvalue weighted by Gasteiger charge is 2.00. The van der Waals surface area contributed by atoms with Gasteiger partial charge in [0, 0.05) is 29.6 Å². The van der Waals surface area contributed by atoms with Gasteiger partial charge in [0.05, 0.1) is 6.61 Å². The van der Waals surface area contributed by atoms with Crippen LogP contribution in [0.2, 0.25) is 0 Å². The molecule has 0 atom stereocenters. The quantitative estimate of drug-likeness (QED) is 0.564. The Kier molecular flexibility index (Phi) is 12.9. The van der Waals surface area contributed by atoms with Crippen molar-refractivity contribution < 1.29 is 4.74 Å². The van der Waals surface area contributed by atoms with E-state index in [1.54, 1.807) is 11.8 Å². The number of thioether (sulfide) groups is 1. The molecule has 0 radical (unpaired) electrons. The molecule has 0 aliphatic heterocycles. The van der Waals surface area contributed by atoms with Crippen LogP contribution in [-0.2, 0) is 0 Å². The third kappa shape index (κ3) is 9.49. The number of rotatable bonds is 5. The van der Waals surface area contributed by atoms with Crippen molar-refractivity contribution >= 4 is 11.8 Å². The fourth-order valence-corrected chi connectivity index (χ4v) is 2.25. The Morgan fingerprint density at radius 3 is 2.04 bits per heavy atom. The highest BCUT2D eigenvalue weighted by molar-refractivity contribution is 7.98. The molecule has 0 bridgehead atoms. The molecule has 2 aromatic rings. The summed E-state index contributed by atoms with van der Waals surface area (Å²) >= 11 is 1.74. The van der Waals surface area contributed by atoms with Crippen molar-refractivity contribution in [1.29, 1.82) is 0 Å². The Hall–Kier alpha value is -1.55. The number of ether oxygens (including phenoxy) is 1. The third-order valence-electron chi connectivity index (χ3n) is 3.35. The van der Waals surface area contributed by atoms with Gasteiger partial charge in [0.25, 0.3) is 0 Å². The number of hydrogen-bond acceptors (Lipinski definition) is 4. The highest BCUT2D eigenvalue weighted by atomic mass is 32.2. The smallest absolute Gasteiger partial charge is 0.213 e. The molecule has 0 aliphatic carbocycles. The minimum Gasteiger partial charge on any atom is -0.478 e. The van der Waals surface area contributed by atoms with Crippen LogP contribution in [0, 0.1) is 0 Å². The Balaban J connectivity index is 0.000000421. The van der Waals surface area contributed by atoms with E-state index in [0.717, 1.165) is 0 Å². The average molecular weight is 363 g/mol.